The maximum absolute atomic E-state index is 12.0. The minimum atomic E-state index is -0.258. The Bertz CT molecular complexity index is 789. The van der Waals surface area contributed by atoms with Gasteiger partial charge < -0.3 is 4.98 Å². The molecule has 0 bridgehead atoms. The fraction of sp³-hybridized carbons (Fsp3) is 0. The molecular formula is C13H8Cl2N2O. The van der Waals surface area contributed by atoms with Crippen LogP contribution >= 0.6 is 23.2 Å². The van der Waals surface area contributed by atoms with Crippen molar-refractivity contribution >= 4 is 34.2 Å². The molecule has 2 aromatic carbocycles. The van der Waals surface area contributed by atoms with Crippen molar-refractivity contribution in [2.24, 2.45) is 0 Å². The highest BCUT2D eigenvalue weighted by Crippen LogP contribution is 2.25. The summed E-state index contributed by atoms with van der Waals surface area (Å²) in [5.41, 5.74) is 1.70. The number of rotatable bonds is 1. The Kier molecular flexibility index (Phi) is 2.65. The lowest BCUT2D eigenvalue weighted by Gasteiger charge is -2.05. The van der Waals surface area contributed by atoms with Crippen molar-refractivity contribution in [3.63, 3.8) is 0 Å². The van der Waals surface area contributed by atoms with Crippen molar-refractivity contribution in [3.05, 3.63) is 63.0 Å². The van der Waals surface area contributed by atoms with Crippen molar-refractivity contribution in [1.82, 2.24) is 9.55 Å². The SMILES string of the molecule is O=c1[nH]c2c(Cl)cccc2n1-c1ccccc1Cl. The van der Waals surface area contributed by atoms with Gasteiger partial charge in [0.2, 0.25) is 0 Å². The van der Waals surface area contributed by atoms with Crippen LogP contribution in [0.5, 0.6) is 0 Å². The fourth-order valence-corrected chi connectivity index (χ4v) is 2.40. The van der Waals surface area contributed by atoms with E-state index in [2.05, 4.69) is 4.98 Å². The second kappa shape index (κ2) is 4.19. The average molecular weight is 279 g/mol. The van der Waals surface area contributed by atoms with Gasteiger partial charge >= 0.3 is 5.69 Å². The Balaban J connectivity index is 2.44. The Morgan fingerprint density at radius 1 is 0.944 bits per heavy atom. The standard InChI is InChI=1S/C13H8Cl2N2O/c14-8-4-1-2-6-10(8)17-11-7-3-5-9(15)12(11)16-13(17)18/h1-7H,(H,16,18). The highest BCUT2D eigenvalue weighted by Gasteiger charge is 2.12. The van der Waals surface area contributed by atoms with Crippen LogP contribution in [0.1, 0.15) is 0 Å². The zero-order valence-corrected chi connectivity index (χ0v) is 10.7. The second-order valence-electron chi connectivity index (χ2n) is 3.85. The first kappa shape index (κ1) is 11.4. The van der Waals surface area contributed by atoms with E-state index in [1.165, 1.54) is 4.57 Å². The lowest BCUT2D eigenvalue weighted by atomic mass is 10.3. The molecule has 0 fully saturated rings. The lowest BCUT2D eigenvalue weighted by molar-refractivity contribution is 1.02. The Morgan fingerprint density at radius 3 is 2.44 bits per heavy atom. The summed E-state index contributed by atoms with van der Waals surface area (Å²) in [7, 11) is 0. The van der Waals surface area contributed by atoms with Crippen LogP contribution in [0.2, 0.25) is 10.0 Å². The van der Waals surface area contributed by atoms with Gasteiger partial charge in [0.1, 0.15) is 0 Å². The molecule has 3 nitrogen and oxygen atoms in total. The summed E-state index contributed by atoms with van der Waals surface area (Å²) in [6, 6.07) is 12.5. The van der Waals surface area contributed by atoms with Crippen LogP contribution in [0.25, 0.3) is 16.7 Å². The van der Waals surface area contributed by atoms with Gasteiger partial charge in [-0.05, 0) is 24.3 Å². The Morgan fingerprint density at radius 2 is 1.67 bits per heavy atom. The lowest BCUT2D eigenvalue weighted by Crippen LogP contribution is -2.14. The molecule has 0 aliphatic rings. The van der Waals surface area contributed by atoms with Crippen LogP contribution < -0.4 is 5.69 Å². The van der Waals surface area contributed by atoms with E-state index in [1.54, 1.807) is 24.3 Å². The number of imidazole rings is 1. The number of para-hydroxylation sites is 2. The van der Waals surface area contributed by atoms with E-state index >= 15 is 0 Å². The van der Waals surface area contributed by atoms with Gasteiger partial charge in [-0.2, -0.15) is 0 Å². The van der Waals surface area contributed by atoms with E-state index < -0.39 is 0 Å². The summed E-state index contributed by atoms with van der Waals surface area (Å²) in [5, 5.41) is 1.02. The van der Waals surface area contributed by atoms with Gasteiger partial charge in [-0.3, -0.25) is 4.57 Å². The monoisotopic (exact) mass is 278 g/mol. The molecule has 18 heavy (non-hydrogen) atoms. The number of hydrogen-bond acceptors (Lipinski definition) is 1. The van der Waals surface area contributed by atoms with Crippen molar-refractivity contribution < 1.29 is 0 Å². The van der Waals surface area contributed by atoms with Crippen molar-refractivity contribution in [2.45, 2.75) is 0 Å². The number of hydrogen-bond donors (Lipinski definition) is 1. The van der Waals surface area contributed by atoms with Gasteiger partial charge in [-0.1, -0.05) is 41.4 Å². The molecule has 0 radical (unpaired) electrons. The molecule has 5 heteroatoms. The highest BCUT2D eigenvalue weighted by atomic mass is 35.5. The molecule has 0 saturated heterocycles. The first-order valence-electron chi connectivity index (χ1n) is 5.32. The summed E-state index contributed by atoms with van der Waals surface area (Å²) < 4.78 is 1.52. The number of aromatic nitrogens is 2. The molecule has 90 valence electrons. The Hall–Kier alpha value is -1.71. The average Bonchev–Trinajstić information content (AvgIpc) is 2.68. The molecule has 0 atom stereocenters. The van der Waals surface area contributed by atoms with Crippen LogP contribution in [-0.4, -0.2) is 9.55 Å². The van der Waals surface area contributed by atoms with Crippen molar-refractivity contribution in [2.75, 3.05) is 0 Å². The molecule has 0 aliphatic heterocycles. The number of halogens is 2. The minimum absolute atomic E-state index is 0.258. The molecule has 3 rings (SSSR count). The number of aromatic amines is 1. The third-order valence-corrected chi connectivity index (χ3v) is 3.40. The third kappa shape index (κ3) is 1.64. The van der Waals surface area contributed by atoms with Gasteiger partial charge in [0.05, 0.1) is 26.8 Å². The van der Waals surface area contributed by atoms with E-state index in [9.17, 15) is 4.79 Å². The Labute approximate surface area is 113 Å². The number of H-pyrrole nitrogens is 1. The van der Waals surface area contributed by atoms with Gasteiger partial charge in [-0.25, -0.2) is 4.79 Å². The molecule has 0 unspecified atom stereocenters. The molecule has 0 aliphatic carbocycles. The zero-order valence-electron chi connectivity index (χ0n) is 9.15. The fourth-order valence-electron chi connectivity index (χ4n) is 1.97. The van der Waals surface area contributed by atoms with E-state index in [-0.39, 0.29) is 5.69 Å². The summed E-state index contributed by atoms with van der Waals surface area (Å²) in [4.78, 5) is 14.8. The minimum Gasteiger partial charge on any atom is -0.304 e. The summed E-state index contributed by atoms with van der Waals surface area (Å²) in [6.45, 7) is 0. The topological polar surface area (TPSA) is 37.8 Å². The van der Waals surface area contributed by atoms with Crippen LogP contribution in [0.4, 0.5) is 0 Å². The molecule has 0 amide bonds. The number of nitrogens with one attached hydrogen (secondary N) is 1. The second-order valence-corrected chi connectivity index (χ2v) is 4.67. The van der Waals surface area contributed by atoms with Gasteiger partial charge in [-0.15, -0.1) is 0 Å². The molecule has 0 saturated carbocycles. The predicted octanol–water partition coefficient (Wildman–Crippen LogP) is 3.63. The van der Waals surface area contributed by atoms with Gasteiger partial charge in [0.15, 0.2) is 0 Å². The van der Waals surface area contributed by atoms with E-state index in [0.717, 1.165) is 0 Å². The summed E-state index contributed by atoms with van der Waals surface area (Å²) in [6.07, 6.45) is 0. The number of benzene rings is 2. The smallest absolute Gasteiger partial charge is 0.304 e. The predicted molar refractivity (Wildman–Crippen MR) is 73.9 cm³/mol. The number of fused-ring (bicyclic) bond motifs is 1. The first-order chi connectivity index (χ1) is 8.68. The molecule has 0 spiro atoms. The highest BCUT2D eigenvalue weighted by molar-refractivity contribution is 6.35. The quantitative estimate of drug-likeness (QED) is 0.725. The molecule has 1 N–H and O–H groups in total. The van der Waals surface area contributed by atoms with Crippen LogP contribution in [0.3, 0.4) is 0 Å². The maximum Gasteiger partial charge on any atom is 0.331 e. The largest absolute Gasteiger partial charge is 0.331 e. The molecule has 1 heterocycles. The van der Waals surface area contributed by atoms with Crippen LogP contribution in [0.15, 0.2) is 47.3 Å². The normalized spacial score (nSPS) is 11.0. The van der Waals surface area contributed by atoms with E-state index in [4.69, 9.17) is 23.2 Å². The van der Waals surface area contributed by atoms with Gasteiger partial charge in [0.25, 0.3) is 0 Å². The summed E-state index contributed by atoms with van der Waals surface area (Å²) >= 11 is 12.2. The van der Waals surface area contributed by atoms with Gasteiger partial charge in [0, 0.05) is 0 Å². The van der Waals surface area contributed by atoms with Crippen molar-refractivity contribution in [3.8, 4) is 5.69 Å². The summed E-state index contributed by atoms with van der Waals surface area (Å²) in [5.74, 6) is 0. The van der Waals surface area contributed by atoms with Crippen LogP contribution in [0, 0.1) is 0 Å². The first-order valence-corrected chi connectivity index (χ1v) is 6.08. The van der Waals surface area contributed by atoms with Crippen molar-refractivity contribution in [1.29, 1.82) is 0 Å². The maximum atomic E-state index is 12.0. The third-order valence-electron chi connectivity index (χ3n) is 2.76. The van der Waals surface area contributed by atoms with E-state index in [1.807, 2.05) is 18.2 Å². The molecule has 3 aromatic rings. The van der Waals surface area contributed by atoms with Crippen LogP contribution in [-0.2, 0) is 0 Å². The zero-order chi connectivity index (χ0) is 12.7. The molecule has 1 aromatic heterocycles. The number of nitrogens with zero attached hydrogens (tertiary/aromatic N) is 1. The molecular weight excluding hydrogens is 271 g/mol. The van der Waals surface area contributed by atoms with E-state index in [0.29, 0.717) is 26.8 Å².